The maximum Gasteiger partial charge on any atom is 0.255 e. The zero-order chi connectivity index (χ0) is 22.6. The molecule has 168 valence electrons. The number of nitrogens with one attached hydrogen (secondary N) is 1. The first-order chi connectivity index (χ1) is 14.7. The van der Waals surface area contributed by atoms with Gasteiger partial charge in [0.05, 0.1) is 19.8 Å². The fraction of sp³-hybridized carbons (Fsp3) is 0.450. The summed E-state index contributed by atoms with van der Waals surface area (Å²) in [7, 11) is -1.65. The number of aromatic nitrogens is 2. The summed E-state index contributed by atoms with van der Waals surface area (Å²) >= 11 is 1.40. The topological polar surface area (TPSA) is 113 Å². The highest BCUT2D eigenvalue weighted by Crippen LogP contribution is 2.22. The highest BCUT2D eigenvalue weighted by molar-refractivity contribution is 7.98. The molecule has 1 aromatic carbocycles. The number of aryl methyl sites for hydroxylation is 1. The number of hydrogen-bond acceptors (Lipinski definition) is 7. The summed E-state index contributed by atoms with van der Waals surface area (Å²) in [5.74, 6) is 1.17. The summed E-state index contributed by atoms with van der Waals surface area (Å²) < 4.78 is 29.8. The van der Waals surface area contributed by atoms with Gasteiger partial charge in [0.1, 0.15) is 5.75 Å². The minimum atomic E-state index is -3.26. The summed E-state index contributed by atoms with van der Waals surface area (Å²) in [6, 6.07) is 7.66. The molecule has 0 radical (unpaired) electrons. The molecule has 0 bridgehead atoms. The highest BCUT2D eigenvalue weighted by Gasteiger charge is 2.26. The average molecular weight is 467 g/mol. The first-order valence-corrected chi connectivity index (χ1v) is 12.6. The van der Waals surface area contributed by atoms with E-state index in [1.165, 1.54) is 16.1 Å². The van der Waals surface area contributed by atoms with E-state index in [0.29, 0.717) is 35.3 Å². The van der Waals surface area contributed by atoms with Crippen molar-refractivity contribution in [1.29, 1.82) is 0 Å². The number of nitrogens with zero attached hydrogens (tertiary/aromatic N) is 3. The second-order valence-electron chi connectivity index (χ2n) is 7.29. The fourth-order valence-electron chi connectivity index (χ4n) is 3.31. The van der Waals surface area contributed by atoms with Crippen molar-refractivity contribution in [1.82, 2.24) is 19.2 Å². The Balaban J connectivity index is 1.62. The Bertz CT molecular complexity index is 1110. The van der Waals surface area contributed by atoms with E-state index in [0.717, 1.165) is 17.6 Å². The van der Waals surface area contributed by atoms with Gasteiger partial charge in [-0.2, -0.15) is 4.31 Å². The fourth-order valence-corrected chi connectivity index (χ4v) is 4.98. The van der Waals surface area contributed by atoms with Crippen molar-refractivity contribution in [3.05, 3.63) is 51.4 Å². The van der Waals surface area contributed by atoms with Gasteiger partial charge < -0.3 is 14.6 Å². The van der Waals surface area contributed by atoms with E-state index < -0.39 is 10.0 Å². The minimum absolute atomic E-state index is 0.0616. The number of rotatable bonds is 7. The van der Waals surface area contributed by atoms with Crippen molar-refractivity contribution in [3.8, 4) is 5.75 Å². The predicted molar refractivity (Wildman–Crippen MR) is 119 cm³/mol. The average Bonchev–Trinajstić information content (AvgIpc) is 2.74. The maximum absolute atomic E-state index is 12.6. The third kappa shape index (κ3) is 6.08. The Morgan fingerprint density at radius 2 is 1.97 bits per heavy atom. The normalized spacial score (nSPS) is 15.1. The van der Waals surface area contributed by atoms with Crippen LogP contribution in [0.25, 0.3) is 0 Å². The van der Waals surface area contributed by atoms with Crippen LogP contribution >= 0.6 is 11.8 Å². The van der Waals surface area contributed by atoms with Gasteiger partial charge in [-0.3, -0.25) is 9.59 Å². The molecule has 31 heavy (non-hydrogen) atoms. The van der Waals surface area contributed by atoms with Gasteiger partial charge in [0, 0.05) is 43.2 Å². The lowest BCUT2D eigenvalue weighted by Gasteiger charge is -2.33. The number of sulfonamides is 1. The Kier molecular flexibility index (Phi) is 7.39. The van der Waals surface area contributed by atoms with Crippen LogP contribution in [0.1, 0.15) is 16.8 Å². The molecule has 1 aromatic heterocycles. The summed E-state index contributed by atoms with van der Waals surface area (Å²) in [6.07, 6.45) is 1.10. The first kappa shape index (κ1) is 23.3. The van der Waals surface area contributed by atoms with Crippen molar-refractivity contribution in [2.24, 2.45) is 0 Å². The van der Waals surface area contributed by atoms with Crippen LogP contribution in [-0.2, 0) is 27.0 Å². The van der Waals surface area contributed by atoms with Gasteiger partial charge in [-0.15, -0.1) is 0 Å². The van der Waals surface area contributed by atoms with Crippen LogP contribution in [0, 0.1) is 6.92 Å². The number of H-pyrrole nitrogens is 1. The van der Waals surface area contributed by atoms with E-state index in [4.69, 9.17) is 4.74 Å². The molecule has 2 aromatic rings. The van der Waals surface area contributed by atoms with Gasteiger partial charge in [0.15, 0.2) is 5.16 Å². The molecule has 3 rings (SSSR count). The second kappa shape index (κ2) is 9.84. The highest BCUT2D eigenvalue weighted by atomic mass is 32.2. The van der Waals surface area contributed by atoms with Crippen LogP contribution < -0.4 is 10.3 Å². The number of hydrogen-bond donors (Lipinski definition) is 1. The molecule has 1 fully saturated rings. The number of aromatic amines is 1. The molecule has 1 aliphatic heterocycles. The molecule has 1 N–H and O–H groups in total. The summed E-state index contributed by atoms with van der Waals surface area (Å²) in [6.45, 7) is 2.86. The summed E-state index contributed by atoms with van der Waals surface area (Å²) in [4.78, 5) is 34.0. The monoisotopic (exact) mass is 466 g/mol. The van der Waals surface area contributed by atoms with Crippen LogP contribution in [0.2, 0.25) is 0 Å². The van der Waals surface area contributed by atoms with Gasteiger partial charge >= 0.3 is 0 Å². The van der Waals surface area contributed by atoms with E-state index in [1.807, 2.05) is 24.3 Å². The Morgan fingerprint density at radius 3 is 2.58 bits per heavy atom. The molecule has 0 unspecified atom stereocenters. The molecule has 1 saturated heterocycles. The van der Waals surface area contributed by atoms with E-state index in [1.54, 1.807) is 18.9 Å². The molecule has 11 heteroatoms. The van der Waals surface area contributed by atoms with Crippen molar-refractivity contribution in [2.75, 3.05) is 39.5 Å². The number of methoxy groups -OCH3 is 1. The SMILES string of the molecule is COc1cccc(CSc2nc(C)c(CC(=O)N3CCN(S(C)(=O)=O)CC3)c(=O)[nH]2)c1. The third-order valence-electron chi connectivity index (χ3n) is 5.10. The lowest BCUT2D eigenvalue weighted by molar-refractivity contribution is -0.131. The summed E-state index contributed by atoms with van der Waals surface area (Å²) in [5, 5.41) is 0.489. The predicted octanol–water partition coefficient (Wildman–Crippen LogP) is 1.03. The lowest BCUT2D eigenvalue weighted by Crippen LogP contribution is -2.50. The van der Waals surface area contributed by atoms with E-state index >= 15 is 0 Å². The standard InChI is InChI=1S/C20H26N4O5S2/c1-14-17(12-18(25)23-7-9-24(10-8-23)31(3,27)28)19(26)22-20(21-14)30-13-15-5-4-6-16(11-15)29-2/h4-6,11H,7-10,12-13H2,1-3H3,(H,21,22,26). The number of thioether (sulfide) groups is 1. The van der Waals surface area contributed by atoms with Crippen LogP contribution in [-0.4, -0.2) is 73.0 Å². The summed E-state index contributed by atoms with van der Waals surface area (Å²) in [5.41, 5.74) is 1.56. The molecule has 2 heterocycles. The van der Waals surface area contributed by atoms with Crippen molar-refractivity contribution in [3.63, 3.8) is 0 Å². The molecular formula is C20H26N4O5S2. The van der Waals surface area contributed by atoms with Gasteiger partial charge in [0.25, 0.3) is 5.56 Å². The lowest BCUT2D eigenvalue weighted by atomic mass is 10.1. The number of piperazine rings is 1. The van der Waals surface area contributed by atoms with E-state index in [-0.39, 0.29) is 31.0 Å². The maximum atomic E-state index is 12.6. The minimum Gasteiger partial charge on any atom is -0.497 e. The van der Waals surface area contributed by atoms with E-state index in [9.17, 15) is 18.0 Å². The first-order valence-electron chi connectivity index (χ1n) is 9.76. The van der Waals surface area contributed by atoms with Crippen LogP contribution in [0.15, 0.2) is 34.2 Å². The van der Waals surface area contributed by atoms with Crippen molar-refractivity contribution >= 4 is 27.7 Å². The van der Waals surface area contributed by atoms with Gasteiger partial charge in [-0.1, -0.05) is 23.9 Å². The number of amides is 1. The molecule has 0 spiro atoms. The van der Waals surface area contributed by atoms with Gasteiger partial charge in [-0.05, 0) is 24.6 Å². The third-order valence-corrected chi connectivity index (χ3v) is 7.35. The number of carbonyl (C=O) groups is 1. The molecule has 9 nitrogen and oxygen atoms in total. The quantitative estimate of drug-likeness (QED) is 0.479. The molecule has 0 saturated carbocycles. The second-order valence-corrected chi connectivity index (χ2v) is 10.2. The van der Waals surface area contributed by atoms with Crippen molar-refractivity contribution < 1.29 is 17.9 Å². The van der Waals surface area contributed by atoms with Crippen LogP contribution in [0.3, 0.4) is 0 Å². The van der Waals surface area contributed by atoms with Crippen molar-refractivity contribution in [2.45, 2.75) is 24.3 Å². The number of carbonyl (C=O) groups excluding carboxylic acids is 1. The number of ether oxygens (including phenoxy) is 1. The van der Waals surface area contributed by atoms with E-state index in [2.05, 4.69) is 9.97 Å². The smallest absolute Gasteiger partial charge is 0.255 e. The van der Waals surface area contributed by atoms with Gasteiger partial charge in [0.2, 0.25) is 15.9 Å². The van der Waals surface area contributed by atoms with Gasteiger partial charge in [-0.25, -0.2) is 13.4 Å². The molecule has 0 aliphatic carbocycles. The Hall–Kier alpha value is -2.37. The molecule has 0 atom stereocenters. The molecular weight excluding hydrogens is 440 g/mol. The van der Waals surface area contributed by atoms with Crippen LogP contribution in [0.5, 0.6) is 5.75 Å². The van der Waals surface area contributed by atoms with Crippen LogP contribution in [0.4, 0.5) is 0 Å². The molecule has 1 amide bonds. The largest absolute Gasteiger partial charge is 0.497 e. The number of benzene rings is 1. The molecule has 1 aliphatic rings. The Morgan fingerprint density at radius 1 is 1.26 bits per heavy atom. The zero-order valence-electron chi connectivity index (χ0n) is 17.8. The Labute approximate surface area is 185 Å². The zero-order valence-corrected chi connectivity index (χ0v) is 19.4.